The van der Waals surface area contributed by atoms with E-state index in [4.69, 9.17) is 11.6 Å². The molecule has 0 radical (unpaired) electrons. The van der Waals surface area contributed by atoms with Gasteiger partial charge in [-0.05, 0) is 42.2 Å². The van der Waals surface area contributed by atoms with Crippen LogP contribution >= 0.6 is 11.6 Å². The molecular formula is C20H24ClN3O3S. The number of hydrogen-bond acceptors (Lipinski definition) is 3. The highest BCUT2D eigenvalue weighted by Gasteiger charge is 2.34. The second kappa shape index (κ2) is 9.05. The fourth-order valence-corrected chi connectivity index (χ4v) is 4.89. The Kier molecular flexibility index (Phi) is 6.72. The maximum absolute atomic E-state index is 12.9. The molecule has 1 aliphatic heterocycles. The molecule has 1 amide bonds. The molecule has 150 valence electrons. The maximum Gasteiger partial charge on any atom is 0.282 e. The van der Waals surface area contributed by atoms with Crippen LogP contribution in [0.2, 0.25) is 5.02 Å². The van der Waals surface area contributed by atoms with Gasteiger partial charge >= 0.3 is 0 Å². The van der Waals surface area contributed by atoms with Gasteiger partial charge in [0.25, 0.3) is 10.2 Å². The molecule has 2 aromatic rings. The standard InChI is InChI=1S/C20H24ClN3O3S/c1-16-5-2-3-6-18(16)14-23-11-4-12-24(28(23,26)27)15-20(25)22-13-17-7-9-19(21)10-8-17/h2-3,5-10H,4,11-15H2,1H3,(H,22,25). The van der Waals surface area contributed by atoms with E-state index in [0.717, 1.165) is 16.7 Å². The van der Waals surface area contributed by atoms with Crippen LogP contribution in [-0.2, 0) is 28.1 Å². The Morgan fingerprint density at radius 1 is 1.07 bits per heavy atom. The van der Waals surface area contributed by atoms with E-state index in [1.165, 1.54) is 8.61 Å². The SMILES string of the molecule is Cc1ccccc1CN1CCCN(CC(=O)NCc2ccc(Cl)cc2)S1(=O)=O. The molecule has 0 spiro atoms. The lowest BCUT2D eigenvalue weighted by atomic mass is 10.1. The van der Waals surface area contributed by atoms with E-state index in [1.807, 2.05) is 43.3 Å². The van der Waals surface area contributed by atoms with E-state index < -0.39 is 10.2 Å². The number of amides is 1. The third kappa shape index (κ3) is 5.11. The Hall–Kier alpha value is -1.93. The summed E-state index contributed by atoms with van der Waals surface area (Å²) in [6, 6.07) is 14.9. The van der Waals surface area contributed by atoms with Crippen molar-refractivity contribution in [2.45, 2.75) is 26.4 Å². The number of carbonyl (C=O) groups is 1. The molecule has 1 saturated heterocycles. The Balaban J connectivity index is 1.60. The highest BCUT2D eigenvalue weighted by Crippen LogP contribution is 2.20. The fraction of sp³-hybridized carbons (Fsp3) is 0.350. The molecular weight excluding hydrogens is 398 g/mol. The van der Waals surface area contributed by atoms with E-state index in [0.29, 0.717) is 37.6 Å². The van der Waals surface area contributed by atoms with Crippen molar-refractivity contribution in [3.63, 3.8) is 0 Å². The second-order valence-electron chi connectivity index (χ2n) is 6.86. The molecule has 1 aliphatic rings. The van der Waals surface area contributed by atoms with Crippen molar-refractivity contribution in [2.24, 2.45) is 0 Å². The van der Waals surface area contributed by atoms with Crippen molar-refractivity contribution in [1.82, 2.24) is 13.9 Å². The Bertz CT molecular complexity index is 932. The van der Waals surface area contributed by atoms with Gasteiger partial charge in [-0.15, -0.1) is 0 Å². The lowest BCUT2D eigenvalue weighted by Gasteiger charge is -2.34. The van der Waals surface area contributed by atoms with E-state index in [9.17, 15) is 13.2 Å². The summed E-state index contributed by atoms with van der Waals surface area (Å²) >= 11 is 5.85. The van der Waals surface area contributed by atoms with Crippen LogP contribution in [0, 0.1) is 6.92 Å². The van der Waals surface area contributed by atoms with E-state index >= 15 is 0 Å². The van der Waals surface area contributed by atoms with Crippen LogP contribution in [0.5, 0.6) is 0 Å². The minimum Gasteiger partial charge on any atom is -0.351 e. The van der Waals surface area contributed by atoms with Crippen molar-refractivity contribution in [2.75, 3.05) is 19.6 Å². The quantitative estimate of drug-likeness (QED) is 0.779. The van der Waals surface area contributed by atoms with Crippen LogP contribution in [-0.4, -0.2) is 42.6 Å². The smallest absolute Gasteiger partial charge is 0.282 e. The first-order chi connectivity index (χ1) is 13.4. The molecule has 2 aromatic carbocycles. The zero-order valence-corrected chi connectivity index (χ0v) is 17.3. The van der Waals surface area contributed by atoms with E-state index in [1.54, 1.807) is 12.1 Å². The molecule has 1 N–H and O–H groups in total. The van der Waals surface area contributed by atoms with Crippen LogP contribution in [0.15, 0.2) is 48.5 Å². The monoisotopic (exact) mass is 421 g/mol. The number of nitrogens with one attached hydrogen (secondary N) is 1. The van der Waals surface area contributed by atoms with Gasteiger partial charge in [-0.1, -0.05) is 48.0 Å². The first-order valence-electron chi connectivity index (χ1n) is 9.17. The highest BCUT2D eigenvalue weighted by molar-refractivity contribution is 7.86. The van der Waals surface area contributed by atoms with Gasteiger partial charge in [-0.2, -0.15) is 17.0 Å². The molecule has 3 rings (SSSR count). The van der Waals surface area contributed by atoms with Crippen molar-refractivity contribution in [1.29, 1.82) is 0 Å². The van der Waals surface area contributed by atoms with Crippen molar-refractivity contribution < 1.29 is 13.2 Å². The zero-order chi connectivity index (χ0) is 20.1. The van der Waals surface area contributed by atoms with Gasteiger partial charge in [0.15, 0.2) is 0 Å². The lowest BCUT2D eigenvalue weighted by molar-refractivity contribution is -0.121. The van der Waals surface area contributed by atoms with Gasteiger partial charge in [-0.3, -0.25) is 4.79 Å². The summed E-state index contributed by atoms with van der Waals surface area (Å²) in [5.41, 5.74) is 2.93. The van der Waals surface area contributed by atoms with Crippen LogP contribution in [0.4, 0.5) is 0 Å². The minimum atomic E-state index is -3.67. The summed E-state index contributed by atoms with van der Waals surface area (Å²) in [6.07, 6.45) is 0.690. The third-order valence-electron chi connectivity index (χ3n) is 4.80. The lowest BCUT2D eigenvalue weighted by Crippen LogP contribution is -2.52. The Morgan fingerprint density at radius 3 is 2.46 bits per heavy atom. The number of aryl methyl sites for hydroxylation is 1. The molecule has 1 fully saturated rings. The molecule has 1 heterocycles. The van der Waals surface area contributed by atoms with Gasteiger partial charge in [0.2, 0.25) is 5.91 Å². The predicted molar refractivity (Wildman–Crippen MR) is 110 cm³/mol. The van der Waals surface area contributed by atoms with Gasteiger partial charge in [0, 0.05) is 31.2 Å². The molecule has 0 aromatic heterocycles. The van der Waals surface area contributed by atoms with Gasteiger partial charge in [0.1, 0.15) is 0 Å². The number of halogens is 1. The average molecular weight is 422 g/mol. The molecule has 6 nitrogen and oxygen atoms in total. The first kappa shape index (κ1) is 20.8. The summed E-state index contributed by atoms with van der Waals surface area (Å²) in [7, 11) is -3.67. The third-order valence-corrected chi connectivity index (χ3v) is 6.98. The van der Waals surface area contributed by atoms with Crippen molar-refractivity contribution in [3.05, 3.63) is 70.2 Å². The van der Waals surface area contributed by atoms with Gasteiger partial charge in [-0.25, -0.2) is 0 Å². The number of rotatable bonds is 6. The summed E-state index contributed by atoms with van der Waals surface area (Å²) in [5.74, 6) is -0.323. The molecule has 0 saturated carbocycles. The minimum absolute atomic E-state index is 0.180. The van der Waals surface area contributed by atoms with Gasteiger partial charge < -0.3 is 5.32 Å². The molecule has 0 atom stereocenters. The molecule has 28 heavy (non-hydrogen) atoms. The first-order valence-corrected chi connectivity index (χ1v) is 10.9. The molecule has 8 heteroatoms. The zero-order valence-electron chi connectivity index (χ0n) is 15.8. The van der Waals surface area contributed by atoms with Crippen LogP contribution in [0.3, 0.4) is 0 Å². The highest BCUT2D eigenvalue weighted by atomic mass is 35.5. The largest absolute Gasteiger partial charge is 0.351 e. The summed E-state index contributed by atoms with van der Waals surface area (Å²) in [4.78, 5) is 12.3. The van der Waals surface area contributed by atoms with Crippen molar-refractivity contribution >= 4 is 27.7 Å². The number of hydrogen-bond donors (Lipinski definition) is 1. The van der Waals surface area contributed by atoms with E-state index in [-0.39, 0.29) is 12.5 Å². The number of nitrogens with zero attached hydrogens (tertiary/aromatic N) is 2. The summed E-state index contributed by atoms with van der Waals surface area (Å²) in [6.45, 7) is 3.24. The molecule has 0 aliphatic carbocycles. The topological polar surface area (TPSA) is 69.7 Å². The number of benzene rings is 2. The predicted octanol–water partition coefficient (Wildman–Crippen LogP) is 2.72. The maximum atomic E-state index is 12.9. The average Bonchev–Trinajstić information content (AvgIpc) is 2.66. The summed E-state index contributed by atoms with van der Waals surface area (Å²) in [5, 5.41) is 3.40. The Morgan fingerprint density at radius 2 is 1.75 bits per heavy atom. The van der Waals surface area contributed by atoms with Crippen LogP contribution in [0.1, 0.15) is 23.1 Å². The van der Waals surface area contributed by atoms with Crippen LogP contribution < -0.4 is 5.32 Å². The van der Waals surface area contributed by atoms with Crippen molar-refractivity contribution in [3.8, 4) is 0 Å². The fourth-order valence-electron chi connectivity index (χ4n) is 3.14. The van der Waals surface area contributed by atoms with Crippen LogP contribution in [0.25, 0.3) is 0 Å². The molecule has 0 bridgehead atoms. The number of carbonyl (C=O) groups excluding carboxylic acids is 1. The molecule has 0 unspecified atom stereocenters. The van der Waals surface area contributed by atoms with E-state index in [2.05, 4.69) is 5.32 Å². The Labute approximate surface area is 171 Å². The van der Waals surface area contributed by atoms with Gasteiger partial charge in [0.05, 0.1) is 6.54 Å². The normalized spacial score (nSPS) is 17.4. The second-order valence-corrected chi connectivity index (χ2v) is 9.22. The summed E-state index contributed by atoms with van der Waals surface area (Å²) < 4.78 is 28.6.